The van der Waals surface area contributed by atoms with Gasteiger partial charge in [-0.1, -0.05) is 18.2 Å². The molecule has 2 aromatic rings. The molecule has 0 saturated carbocycles. The van der Waals surface area contributed by atoms with Gasteiger partial charge in [0.1, 0.15) is 5.56 Å². The van der Waals surface area contributed by atoms with Crippen LogP contribution in [0, 0.1) is 6.92 Å². The maximum absolute atomic E-state index is 13.3. The fraction of sp³-hybridized carbons (Fsp3) is 0.400. The molecule has 7 nitrogen and oxygen atoms in total. The first-order chi connectivity index (χ1) is 13.4. The molecule has 0 spiro atoms. The van der Waals surface area contributed by atoms with E-state index in [2.05, 4.69) is 4.98 Å². The van der Waals surface area contributed by atoms with Crippen LogP contribution in [0.3, 0.4) is 0 Å². The van der Waals surface area contributed by atoms with Gasteiger partial charge in [0.15, 0.2) is 0 Å². The minimum atomic E-state index is -3.59. The molecular weight excluding hydrogens is 378 g/mol. The van der Waals surface area contributed by atoms with Crippen LogP contribution in [0.15, 0.2) is 41.2 Å². The molecular formula is C20H23N3O4S. The number of aryl methyl sites for hydroxylation is 1. The van der Waals surface area contributed by atoms with Crippen LogP contribution >= 0.6 is 0 Å². The molecule has 2 aliphatic rings. The van der Waals surface area contributed by atoms with Crippen molar-refractivity contribution in [2.24, 2.45) is 0 Å². The summed E-state index contributed by atoms with van der Waals surface area (Å²) in [6.07, 6.45) is 1.80. The number of carbonyl (C=O) groups is 1. The molecule has 8 heteroatoms. The van der Waals surface area contributed by atoms with Crippen LogP contribution in [0.5, 0.6) is 0 Å². The zero-order valence-electron chi connectivity index (χ0n) is 15.7. The minimum absolute atomic E-state index is 0.0511. The Balaban J connectivity index is 1.57. The van der Waals surface area contributed by atoms with Crippen LogP contribution < -0.4 is 9.86 Å². The van der Waals surface area contributed by atoms with Gasteiger partial charge in [0.2, 0.25) is 10.0 Å². The second-order valence-corrected chi connectivity index (χ2v) is 9.53. The minimum Gasteiger partial charge on any atom is -0.337 e. The monoisotopic (exact) mass is 401 g/mol. The highest BCUT2D eigenvalue weighted by molar-refractivity contribution is 7.93. The Hall–Kier alpha value is -2.61. The number of piperidine rings is 1. The van der Waals surface area contributed by atoms with Gasteiger partial charge in [0.25, 0.3) is 11.5 Å². The number of aromatic amines is 1. The Kier molecular flexibility index (Phi) is 4.74. The number of hydrogen-bond donors (Lipinski definition) is 1. The smallest absolute Gasteiger partial charge is 0.260 e. The predicted molar refractivity (Wildman–Crippen MR) is 107 cm³/mol. The van der Waals surface area contributed by atoms with Crippen molar-refractivity contribution in [1.82, 2.24) is 9.88 Å². The number of amides is 1. The van der Waals surface area contributed by atoms with Gasteiger partial charge in [-0.25, -0.2) is 8.42 Å². The molecule has 3 heterocycles. The largest absolute Gasteiger partial charge is 0.337 e. The number of fused-ring (bicyclic) bond motifs is 1. The average Bonchev–Trinajstić information content (AvgIpc) is 3.12. The Bertz CT molecular complexity index is 1080. The number of likely N-dealkylation sites (tertiary alicyclic amines) is 1. The number of nitrogens with one attached hydrogen (secondary N) is 1. The predicted octanol–water partition coefficient (Wildman–Crippen LogP) is 1.68. The van der Waals surface area contributed by atoms with Gasteiger partial charge in [0.05, 0.1) is 10.9 Å². The number of para-hydroxylation sites is 1. The van der Waals surface area contributed by atoms with Gasteiger partial charge in [-0.2, -0.15) is 0 Å². The molecule has 1 N–H and O–H groups in total. The lowest BCUT2D eigenvalue weighted by Gasteiger charge is -2.35. The topological polar surface area (TPSA) is 90.6 Å². The Labute approximate surface area is 164 Å². The van der Waals surface area contributed by atoms with Crippen LogP contribution in [0.4, 0.5) is 5.69 Å². The fourth-order valence-electron chi connectivity index (χ4n) is 4.03. The number of aromatic nitrogens is 1. The number of sulfonamides is 1. The highest BCUT2D eigenvalue weighted by Gasteiger charge is 2.39. The number of nitrogens with zero attached hydrogens (tertiary/aromatic N) is 2. The van der Waals surface area contributed by atoms with E-state index >= 15 is 0 Å². The van der Waals surface area contributed by atoms with Gasteiger partial charge in [-0.15, -0.1) is 0 Å². The zero-order valence-corrected chi connectivity index (χ0v) is 16.5. The van der Waals surface area contributed by atoms with Crippen molar-refractivity contribution in [2.75, 3.05) is 23.9 Å². The van der Waals surface area contributed by atoms with Crippen LogP contribution in [0.1, 0.15) is 34.5 Å². The third-order valence-electron chi connectivity index (χ3n) is 5.52. The number of rotatable bonds is 3. The van der Waals surface area contributed by atoms with Crippen molar-refractivity contribution >= 4 is 21.6 Å². The summed E-state index contributed by atoms with van der Waals surface area (Å²) in [6.45, 7) is 2.73. The normalized spacial score (nSPS) is 19.5. The van der Waals surface area contributed by atoms with Crippen LogP contribution in [0.25, 0.3) is 0 Å². The van der Waals surface area contributed by atoms with Gasteiger partial charge >= 0.3 is 0 Å². The fourth-order valence-corrected chi connectivity index (χ4v) is 6.02. The van der Waals surface area contributed by atoms with E-state index in [0.717, 1.165) is 11.3 Å². The number of hydrogen-bond acceptors (Lipinski definition) is 4. The molecule has 1 atom stereocenters. The van der Waals surface area contributed by atoms with Crippen LogP contribution in [0.2, 0.25) is 0 Å². The third kappa shape index (κ3) is 3.22. The van der Waals surface area contributed by atoms with Crippen molar-refractivity contribution in [1.29, 1.82) is 0 Å². The van der Waals surface area contributed by atoms with Gasteiger partial charge in [-0.3, -0.25) is 13.9 Å². The zero-order chi connectivity index (χ0) is 19.9. The summed E-state index contributed by atoms with van der Waals surface area (Å²) < 4.78 is 28.1. The summed E-state index contributed by atoms with van der Waals surface area (Å²) in [6, 6.07) is 10.7. The highest BCUT2D eigenvalue weighted by atomic mass is 32.2. The summed E-state index contributed by atoms with van der Waals surface area (Å²) in [7, 11) is -3.59. The van der Waals surface area contributed by atoms with Crippen molar-refractivity contribution < 1.29 is 13.2 Å². The second-order valence-electron chi connectivity index (χ2n) is 7.40. The second kappa shape index (κ2) is 7.09. The van der Waals surface area contributed by atoms with Crippen LogP contribution in [-0.2, 0) is 16.4 Å². The third-order valence-corrected chi connectivity index (χ3v) is 7.74. The molecule has 1 aromatic carbocycles. The number of carbonyl (C=O) groups excluding carboxylic acids is 1. The maximum Gasteiger partial charge on any atom is 0.260 e. The molecule has 0 aliphatic carbocycles. The van der Waals surface area contributed by atoms with Crippen molar-refractivity contribution in [3.63, 3.8) is 0 Å². The molecule has 0 bridgehead atoms. The van der Waals surface area contributed by atoms with E-state index in [9.17, 15) is 18.0 Å². The molecule has 1 amide bonds. The summed E-state index contributed by atoms with van der Waals surface area (Å²) in [5.41, 5.74) is 2.05. The lowest BCUT2D eigenvalue weighted by Crippen LogP contribution is -2.50. The van der Waals surface area contributed by atoms with Gasteiger partial charge in [0, 0.05) is 25.3 Å². The lowest BCUT2D eigenvalue weighted by molar-refractivity contribution is 0.0725. The van der Waals surface area contributed by atoms with Gasteiger partial charge in [-0.05, 0) is 49.9 Å². The first-order valence-corrected chi connectivity index (χ1v) is 11.0. The van der Waals surface area contributed by atoms with E-state index < -0.39 is 26.7 Å². The van der Waals surface area contributed by atoms with E-state index in [0.29, 0.717) is 38.0 Å². The molecule has 148 valence electrons. The first kappa shape index (κ1) is 18.7. The Morgan fingerprint density at radius 1 is 1.14 bits per heavy atom. The standard InChI is InChI=1S/C20H23N3O4S/c1-14-8-9-17(19(24)21-14)20(25)22-11-4-6-16(13-22)28(26,27)23-12-10-15-5-2-3-7-18(15)23/h2-3,5,7-9,16H,4,6,10-13H2,1H3,(H,21,24)/t16-/m1/s1. The van der Waals surface area contributed by atoms with E-state index in [1.807, 2.05) is 24.3 Å². The van der Waals surface area contributed by atoms with E-state index in [-0.39, 0.29) is 12.1 Å². The molecule has 0 radical (unpaired) electrons. The van der Waals surface area contributed by atoms with Gasteiger partial charge < -0.3 is 9.88 Å². The molecule has 28 heavy (non-hydrogen) atoms. The highest BCUT2D eigenvalue weighted by Crippen LogP contribution is 2.33. The molecule has 1 fully saturated rings. The summed E-state index contributed by atoms with van der Waals surface area (Å²) in [5, 5.41) is -0.666. The first-order valence-electron chi connectivity index (χ1n) is 9.46. The number of pyridine rings is 1. The molecule has 4 rings (SSSR count). The molecule has 0 unspecified atom stereocenters. The van der Waals surface area contributed by atoms with E-state index in [1.54, 1.807) is 13.0 Å². The van der Waals surface area contributed by atoms with E-state index in [4.69, 9.17) is 0 Å². The molecule has 1 aromatic heterocycles. The molecule has 2 aliphatic heterocycles. The van der Waals surface area contributed by atoms with Crippen LogP contribution in [-0.4, -0.2) is 49.1 Å². The SMILES string of the molecule is Cc1ccc(C(=O)N2CCC[C@@H](S(=O)(=O)N3CCc4ccccc43)C2)c(=O)[nH]1. The van der Waals surface area contributed by atoms with Crippen molar-refractivity contribution in [3.05, 3.63) is 63.6 Å². The number of benzene rings is 1. The number of H-pyrrole nitrogens is 1. The van der Waals surface area contributed by atoms with Crippen molar-refractivity contribution in [2.45, 2.75) is 31.4 Å². The van der Waals surface area contributed by atoms with Crippen molar-refractivity contribution in [3.8, 4) is 0 Å². The summed E-state index contributed by atoms with van der Waals surface area (Å²) in [5.74, 6) is -0.414. The summed E-state index contributed by atoms with van der Waals surface area (Å²) in [4.78, 5) is 29.1. The number of anilines is 1. The van der Waals surface area contributed by atoms with E-state index in [1.165, 1.54) is 15.3 Å². The Morgan fingerprint density at radius 3 is 2.71 bits per heavy atom. The average molecular weight is 401 g/mol. The maximum atomic E-state index is 13.3. The Morgan fingerprint density at radius 2 is 1.93 bits per heavy atom. The lowest BCUT2D eigenvalue weighted by atomic mass is 10.1. The summed E-state index contributed by atoms with van der Waals surface area (Å²) >= 11 is 0. The molecule has 1 saturated heterocycles. The quantitative estimate of drug-likeness (QED) is 0.847.